The SMILES string of the molecule is Cc1cc(C[C@@H]2CN(Cc3ccccc3)CCN2C(=O)c2cc(C(F)(F)F)cc(C(F)(F)F)c2)ccc1F. The zero-order valence-electron chi connectivity index (χ0n) is 20.4. The fourth-order valence-corrected chi connectivity index (χ4v) is 4.70. The minimum absolute atomic E-state index is 0.00729. The third kappa shape index (κ3) is 6.53. The molecule has 0 saturated carbocycles. The molecule has 1 amide bonds. The van der Waals surface area contributed by atoms with Gasteiger partial charge >= 0.3 is 12.4 Å². The number of amides is 1. The lowest BCUT2D eigenvalue weighted by atomic mass is 9.98. The molecule has 0 unspecified atom stereocenters. The lowest BCUT2D eigenvalue weighted by molar-refractivity contribution is -0.143. The number of alkyl halides is 6. The van der Waals surface area contributed by atoms with Crippen molar-refractivity contribution in [3.63, 3.8) is 0 Å². The number of hydrogen-bond donors (Lipinski definition) is 0. The maximum absolute atomic E-state index is 13.8. The third-order valence-corrected chi connectivity index (χ3v) is 6.61. The summed E-state index contributed by atoms with van der Waals surface area (Å²) >= 11 is 0. The molecule has 1 heterocycles. The number of carbonyl (C=O) groups excluding carboxylic acids is 1. The molecule has 3 aromatic rings. The minimum Gasteiger partial charge on any atom is -0.333 e. The molecule has 202 valence electrons. The van der Waals surface area contributed by atoms with Crippen molar-refractivity contribution in [2.75, 3.05) is 19.6 Å². The Morgan fingerprint density at radius 1 is 0.842 bits per heavy atom. The summed E-state index contributed by atoms with van der Waals surface area (Å²) in [7, 11) is 0. The number of nitrogens with zero attached hydrogens (tertiary/aromatic N) is 2. The summed E-state index contributed by atoms with van der Waals surface area (Å²) in [5.41, 5.74) is -1.63. The number of aryl methyl sites for hydroxylation is 1. The summed E-state index contributed by atoms with van der Waals surface area (Å²) in [6.45, 7) is 2.97. The third-order valence-electron chi connectivity index (χ3n) is 6.61. The van der Waals surface area contributed by atoms with E-state index in [4.69, 9.17) is 0 Å². The van der Waals surface area contributed by atoms with Crippen LogP contribution in [0.5, 0.6) is 0 Å². The van der Waals surface area contributed by atoms with Gasteiger partial charge in [0.2, 0.25) is 0 Å². The molecule has 1 fully saturated rings. The summed E-state index contributed by atoms with van der Waals surface area (Å²) in [6.07, 6.45) is -9.87. The first-order valence-corrected chi connectivity index (χ1v) is 11.9. The Balaban J connectivity index is 1.67. The van der Waals surface area contributed by atoms with Crippen LogP contribution >= 0.6 is 0 Å². The quantitative estimate of drug-likeness (QED) is 0.336. The molecule has 0 aromatic heterocycles. The van der Waals surface area contributed by atoms with Crippen LogP contribution in [0.1, 0.15) is 38.2 Å². The van der Waals surface area contributed by atoms with Crippen LogP contribution in [0.15, 0.2) is 66.7 Å². The van der Waals surface area contributed by atoms with Gasteiger partial charge in [-0.15, -0.1) is 0 Å². The first kappa shape index (κ1) is 27.6. The zero-order chi connectivity index (χ0) is 27.7. The van der Waals surface area contributed by atoms with E-state index in [1.807, 2.05) is 30.3 Å². The van der Waals surface area contributed by atoms with Crippen LogP contribution in [0.25, 0.3) is 0 Å². The Kier molecular flexibility index (Phi) is 7.83. The largest absolute Gasteiger partial charge is 0.416 e. The number of carbonyl (C=O) groups is 1. The second kappa shape index (κ2) is 10.8. The summed E-state index contributed by atoms with van der Waals surface area (Å²) < 4.78 is 94.2. The average molecular weight is 539 g/mol. The van der Waals surface area contributed by atoms with Crippen molar-refractivity contribution in [1.29, 1.82) is 0 Å². The normalized spacial score (nSPS) is 17.1. The van der Waals surface area contributed by atoms with Gasteiger partial charge in [-0.2, -0.15) is 26.3 Å². The lowest BCUT2D eigenvalue weighted by Gasteiger charge is -2.42. The standard InChI is InChI=1S/C28H25F7N2O/c1-18-11-20(7-8-25(18)29)12-24-17-36(16-19-5-3-2-4-6-19)9-10-37(24)26(38)21-13-22(27(30,31)32)15-23(14-21)28(33,34)35/h2-8,11,13-15,24H,9-10,12,16-17H2,1H3/t24-/m1/s1. The monoisotopic (exact) mass is 538 g/mol. The number of hydrogen-bond acceptors (Lipinski definition) is 2. The second-order valence-corrected chi connectivity index (χ2v) is 9.46. The highest BCUT2D eigenvalue weighted by atomic mass is 19.4. The summed E-state index contributed by atoms with van der Waals surface area (Å²) in [4.78, 5) is 16.9. The Labute approximate surface area is 215 Å². The van der Waals surface area contributed by atoms with Gasteiger partial charge in [0.1, 0.15) is 5.82 Å². The van der Waals surface area contributed by atoms with Crippen LogP contribution < -0.4 is 0 Å². The highest BCUT2D eigenvalue weighted by Gasteiger charge is 2.39. The predicted octanol–water partition coefficient (Wildman–Crippen LogP) is 6.74. The van der Waals surface area contributed by atoms with Crippen molar-refractivity contribution in [1.82, 2.24) is 9.80 Å². The van der Waals surface area contributed by atoms with Crippen molar-refractivity contribution in [3.8, 4) is 0 Å². The van der Waals surface area contributed by atoms with Crippen molar-refractivity contribution < 1.29 is 35.5 Å². The molecule has 0 spiro atoms. The number of rotatable bonds is 5. The van der Waals surface area contributed by atoms with Gasteiger partial charge in [0.15, 0.2) is 0 Å². The van der Waals surface area contributed by atoms with Crippen molar-refractivity contribution in [3.05, 3.63) is 106 Å². The summed E-state index contributed by atoms with van der Waals surface area (Å²) in [5.74, 6) is -1.32. The maximum Gasteiger partial charge on any atom is 0.416 e. The second-order valence-electron chi connectivity index (χ2n) is 9.46. The highest BCUT2D eigenvalue weighted by molar-refractivity contribution is 5.95. The van der Waals surface area contributed by atoms with Gasteiger partial charge in [-0.05, 0) is 54.3 Å². The molecule has 4 rings (SSSR count). The molecular formula is C28H25F7N2O. The Hall–Kier alpha value is -3.40. The molecule has 0 aliphatic carbocycles. The Morgan fingerprint density at radius 2 is 1.47 bits per heavy atom. The first-order chi connectivity index (χ1) is 17.8. The van der Waals surface area contributed by atoms with Crippen molar-refractivity contribution in [2.24, 2.45) is 0 Å². The fourth-order valence-electron chi connectivity index (χ4n) is 4.70. The number of piperazine rings is 1. The van der Waals surface area contributed by atoms with Gasteiger partial charge in [0.25, 0.3) is 5.91 Å². The molecule has 38 heavy (non-hydrogen) atoms. The van der Waals surface area contributed by atoms with E-state index in [1.54, 1.807) is 19.1 Å². The van der Waals surface area contributed by atoms with Crippen molar-refractivity contribution in [2.45, 2.75) is 38.3 Å². The van der Waals surface area contributed by atoms with Gasteiger partial charge < -0.3 is 4.90 Å². The van der Waals surface area contributed by atoms with E-state index in [0.717, 1.165) is 5.56 Å². The van der Waals surface area contributed by atoms with Crippen LogP contribution in [0, 0.1) is 12.7 Å². The number of halogens is 7. The molecular weight excluding hydrogens is 513 g/mol. The predicted molar refractivity (Wildman–Crippen MR) is 128 cm³/mol. The van der Waals surface area contributed by atoms with Gasteiger partial charge in [-0.1, -0.05) is 42.5 Å². The van der Waals surface area contributed by atoms with E-state index in [0.29, 0.717) is 42.9 Å². The summed E-state index contributed by atoms with van der Waals surface area (Å²) in [5, 5.41) is 0. The van der Waals surface area contributed by atoms with E-state index in [-0.39, 0.29) is 19.0 Å². The fraction of sp³-hybridized carbons (Fsp3) is 0.321. The molecule has 3 aromatic carbocycles. The average Bonchev–Trinajstić information content (AvgIpc) is 2.85. The molecule has 10 heteroatoms. The molecule has 1 saturated heterocycles. The molecule has 0 bridgehead atoms. The molecule has 1 aliphatic rings. The summed E-state index contributed by atoms with van der Waals surface area (Å²) in [6, 6.07) is 14.4. The van der Waals surface area contributed by atoms with E-state index in [2.05, 4.69) is 4.90 Å². The minimum atomic E-state index is -5.06. The molecule has 1 aliphatic heterocycles. The first-order valence-electron chi connectivity index (χ1n) is 11.9. The van der Waals surface area contributed by atoms with Crippen LogP contribution in [-0.2, 0) is 25.3 Å². The van der Waals surface area contributed by atoms with Crippen LogP contribution in [0.4, 0.5) is 30.7 Å². The zero-order valence-corrected chi connectivity index (χ0v) is 20.4. The Bertz CT molecular complexity index is 1260. The van der Waals surface area contributed by atoms with E-state index in [1.165, 1.54) is 11.0 Å². The van der Waals surface area contributed by atoms with Crippen LogP contribution in [0.3, 0.4) is 0 Å². The molecule has 0 N–H and O–H groups in total. The van der Waals surface area contributed by atoms with Gasteiger partial charge in [0.05, 0.1) is 11.1 Å². The lowest BCUT2D eigenvalue weighted by Crippen LogP contribution is -2.55. The van der Waals surface area contributed by atoms with Crippen LogP contribution in [0.2, 0.25) is 0 Å². The highest BCUT2D eigenvalue weighted by Crippen LogP contribution is 2.37. The van der Waals surface area contributed by atoms with E-state index in [9.17, 15) is 35.5 Å². The number of benzene rings is 3. The molecule has 3 nitrogen and oxygen atoms in total. The molecule has 0 radical (unpaired) electrons. The topological polar surface area (TPSA) is 23.6 Å². The van der Waals surface area contributed by atoms with E-state index >= 15 is 0 Å². The maximum atomic E-state index is 13.8. The smallest absolute Gasteiger partial charge is 0.333 e. The van der Waals surface area contributed by atoms with Crippen molar-refractivity contribution >= 4 is 5.91 Å². The van der Waals surface area contributed by atoms with Gasteiger partial charge in [-0.25, -0.2) is 4.39 Å². The molecule has 1 atom stereocenters. The van der Waals surface area contributed by atoms with Gasteiger partial charge in [0, 0.05) is 37.8 Å². The van der Waals surface area contributed by atoms with Crippen LogP contribution in [-0.4, -0.2) is 41.4 Å². The van der Waals surface area contributed by atoms with Gasteiger partial charge in [-0.3, -0.25) is 9.69 Å². The Morgan fingerprint density at radius 3 is 2.05 bits per heavy atom. The van der Waals surface area contributed by atoms with E-state index < -0.39 is 46.8 Å².